The van der Waals surface area contributed by atoms with Gasteiger partial charge in [0, 0.05) is 32.6 Å². The van der Waals surface area contributed by atoms with Crippen molar-refractivity contribution in [3.8, 4) is 0 Å². The summed E-state index contributed by atoms with van der Waals surface area (Å²) in [4.78, 5) is 17.6. The van der Waals surface area contributed by atoms with Crippen molar-refractivity contribution < 1.29 is 9.18 Å². The molecule has 0 heterocycles. The third kappa shape index (κ3) is 5.59. The minimum Gasteiger partial charge on any atom is -0.355 e. The average Bonchev–Trinajstić information content (AvgIpc) is 3.34. The molecule has 1 aliphatic carbocycles. The largest absolute Gasteiger partial charge is 0.355 e. The van der Waals surface area contributed by atoms with Crippen molar-refractivity contribution in [2.45, 2.75) is 25.2 Å². The molecule has 1 amide bonds. The molecule has 1 aromatic carbocycles. The normalized spacial score (nSPS) is 15.4. The van der Waals surface area contributed by atoms with Crippen LogP contribution in [0.1, 0.15) is 25.3 Å². The summed E-state index contributed by atoms with van der Waals surface area (Å²) in [6.07, 6.45) is 2.02. The fourth-order valence-corrected chi connectivity index (χ4v) is 2.49. The summed E-state index contributed by atoms with van der Waals surface area (Å²) in [6.45, 7) is 7.09. The SMILES string of the molecule is C=C(C)CNC(=NCC(=O)N(C)C)NCC1(c2cccc(F)c2)CC1. The molecule has 2 rings (SSSR count). The molecule has 0 bridgehead atoms. The number of guanidine groups is 1. The maximum atomic E-state index is 13.5. The van der Waals surface area contributed by atoms with Crippen LogP contribution in [0.4, 0.5) is 4.39 Å². The summed E-state index contributed by atoms with van der Waals surface area (Å²) >= 11 is 0. The van der Waals surface area contributed by atoms with E-state index in [1.807, 2.05) is 13.0 Å². The number of hydrogen-bond donors (Lipinski definition) is 2. The summed E-state index contributed by atoms with van der Waals surface area (Å²) in [6, 6.07) is 6.77. The number of aliphatic imine (C=N–C) groups is 1. The van der Waals surface area contributed by atoms with Crippen LogP contribution in [0.2, 0.25) is 0 Å². The third-order valence-electron chi connectivity index (χ3n) is 4.31. The van der Waals surface area contributed by atoms with E-state index in [9.17, 15) is 9.18 Å². The topological polar surface area (TPSA) is 56.7 Å². The molecular formula is C19H27FN4O. The lowest BCUT2D eigenvalue weighted by Crippen LogP contribution is -2.42. The number of amides is 1. The molecule has 1 aliphatic rings. The van der Waals surface area contributed by atoms with Crippen LogP contribution < -0.4 is 10.6 Å². The first-order valence-corrected chi connectivity index (χ1v) is 8.45. The Labute approximate surface area is 149 Å². The molecule has 0 radical (unpaired) electrons. The molecule has 0 aromatic heterocycles. The van der Waals surface area contributed by atoms with Crippen LogP contribution in [0.3, 0.4) is 0 Å². The van der Waals surface area contributed by atoms with Crippen molar-refractivity contribution in [1.82, 2.24) is 15.5 Å². The van der Waals surface area contributed by atoms with Crippen LogP contribution >= 0.6 is 0 Å². The second kappa shape index (κ2) is 8.14. The summed E-state index contributed by atoms with van der Waals surface area (Å²) in [7, 11) is 3.41. The van der Waals surface area contributed by atoms with E-state index < -0.39 is 0 Å². The van der Waals surface area contributed by atoms with E-state index in [0.29, 0.717) is 19.0 Å². The Morgan fingerprint density at radius 2 is 2.08 bits per heavy atom. The van der Waals surface area contributed by atoms with E-state index in [1.54, 1.807) is 26.2 Å². The van der Waals surface area contributed by atoms with Gasteiger partial charge < -0.3 is 15.5 Å². The van der Waals surface area contributed by atoms with Crippen molar-refractivity contribution in [2.24, 2.45) is 4.99 Å². The van der Waals surface area contributed by atoms with Gasteiger partial charge in [0.2, 0.25) is 5.91 Å². The Hall–Kier alpha value is -2.37. The molecule has 0 saturated heterocycles. The number of nitrogens with one attached hydrogen (secondary N) is 2. The van der Waals surface area contributed by atoms with Crippen molar-refractivity contribution >= 4 is 11.9 Å². The molecule has 6 heteroatoms. The van der Waals surface area contributed by atoms with Crippen LogP contribution in [0.15, 0.2) is 41.4 Å². The van der Waals surface area contributed by atoms with Crippen LogP contribution in [-0.2, 0) is 10.2 Å². The van der Waals surface area contributed by atoms with Gasteiger partial charge in [0.25, 0.3) is 0 Å². The lowest BCUT2D eigenvalue weighted by molar-refractivity contribution is -0.127. The zero-order valence-corrected chi connectivity index (χ0v) is 15.2. The van der Waals surface area contributed by atoms with Crippen LogP contribution in [0.25, 0.3) is 0 Å². The summed E-state index contributed by atoms with van der Waals surface area (Å²) in [5.41, 5.74) is 1.92. The monoisotopic (exact) mass is 346 g/mol. The lowest BCUT2D eigenvalue weighted by atomic mass is 9.96. The third-order valence-corrected chi connectivity index (χ3v) is 4.31. The number of halogens is 1. The van der Waals surface area contributed by atoms with Gasteiger partial charge in [-0.2, -0.15) is 0 Å². The second-order valence-electron chi connectivity index (χ2n) is 6.91. The van der Waals surface area contributed by atoms with Crippen molar-refractivity contribution in [1.29, 1.82) is 0 Å². The standard InChI is InChI=1S/C19H27FN4O/c1-14(2)11-21-18(22-12-17(25)24(3)4)23-13-19(8-9-19)15-6-5-7-16(20)10-15/h5-7,10H,1,8-9,11-13H2,2-4H3,(H2,21,22,23). The molecule has 1 fully saturated rings. The van der Waals surface area contributed by atoms with Crippen LogP contribution in [-0.4, -0.2) is 50.5 Å². The zero-order valence-electron chi connectivity index (χ0n) is 15.2. The number of rotatable bonds is 7. The predicted molar refractivity (Wildman–Crippen MR) is 99.1 cm³/mol. The maximum Gasteiger partial charge on any atom is 0.243 e. The van der Waals surface area contributed by atoms with E-state index in [4.69, 9.17) is 0 Å². The van der Waals surface area contributed by atoms with Gasteiger partial charge in [-0.1, -0.05) is 24.3 Å². The number of carbonyl (C=O) groups excluding carboxylic acids is 1. The molecule has 0 unspecified atom stereocenters. The quantitative estimate of drug-likeness (QED) is 0.451. The molecule has 0 atom stereocenters. The number of benzene rings is 1. The van der Waals surface area contributed by atoms with Gasteiger partial charge in [-0.25, -0.2) is 9.38 Å². The van der Waals surface area contributed by atoms with E-state index in [0.717, 1.165) is 24.0 Å². The Morgan fingerprint density at radius 1 is 1.36 bits per heavy atom. The molecular weight excluding hydrogens is 319 g/mol. The Bertz CT molecular complexity index is 665. The first-order valence-electron chi connectivity index (χ1n) is 8.45. The first kappa shape index (κ1) is 19.0. The molecule has 0 spiro atoms. The van der Waals surface area contributed by atoms with Gasteiger partial charge >= 0.3 is 0 Å². The minimum atomic E-state index is -0.213. The number of nitrogens with zero attached hydrogens (tertiary/aromatic N) is 2. The van der Waals surface area contributed by atoms with Crippen LogP contribution in [0.5, 0.6) is 0 Å². The van der Waals surface area contributed by atoms with Gasteiger partial charge in [-0.3, -0.25) is 4.79 Å². The van der Waals surface area contributed by atoms with Gasteiger partial charge in [0.15, 0.2) is 5.96 Å². The van der Waals surface area contributed by atoms with E-state index in [-0.39, 0.29) is 23.7 Å². The highest BCUT2D eigenvalue weighted by Gasteiger charge is 2.44. The molecule has 2 N–H and O–H groups in total. The summed E-state index contributed by atoms with van der Waals surface area (Å²) < 4.78 is 13.5. The highest BCUT2D eigenvalue weighted by molar-refractivity contribution is 5.85. The second-order valence-corrected chi connectivity index (χ2v) is 6.91. The first-order chi connectivity index (χ1) is 11.8. The fourth-order valence-electron chi connectivity index (χ4n) is 2.49. The van der Waals surface area contributed by atoms with Gasteiger partial charge in [-0.15, -0.1) is 0 Å². The fraction of sp³-hybridized carbons (Fsp3) is 0.474. The van der Waals surface area contributed by atoms with Crippen molar-refractivity contribution in [3.63, 3.8) is 0 Å². The predicted octanol–water partition coefficient (Wildman–Crippen LogP) is 2.06. The van der Waals surface area contributed by atoms with Crippen molar-refractivity contribution in [3.05, 3.63) is 47.8 Å². The molecule has 0 aliphatic heterocycles. The molecule has 5 nitrogen and oxygen atoms in total. The summed E-state index contributed by atoms with van der Waals surface area (Å²) in [5.74, 6) is 0.290. The lowest BCUT2D eigenvalue weighted by Gasteiger charge is -2.19. The van der Waals surface area contributed by atoms with E-state index >= 15 is 0 Å². The van der Waals surface area contributed by atoms with E-state index in [2.05, 4.69) is 22.2 Å². The Kier molecular flexibility index (Phi) is 6.17. The van der Waals surface area contributed by atoms with Crippen LogP contribution in [0, 0.1) is 5.82 Å². The maximum absolute atomic E-state index is 13.5. The number of hydrogen-bond acceptors (Lipinski definition) is 2. The average molecular weight is 346 g/mol. The van der Waals surface area contributed by atoms with Gasteiger partial charge in [0.05, 0.1) is 0 Å². The molecule has 1 aromatic rings. The molecule has 136 valence electrons. The number of carbonyl (C=O) groups is 1. The van der Waals surface area contributed by atoms with Gasteiger partial charge in [-0.05, 0) is 37.5 Å². The van der Waals surface area contributed by atoms with E-state index in [1.165, 1.54) is 11.0 Å². The zero-order chi connectivity index (χ0) is 18.4. The number of likely N-dealkylation sites (N-methyl/N-ethyl adjacent to an activating group) is 1. The molecule has 1 saturated carbocycles. The van der Waals surface area contributed by atoms with Gasteiger partial charge in [0.1, 0.15) is 12.4 Å². The highest BCUT2D eigenvalue weighted by Crippen LogP contribution is 2.47. The van der Waals surface area contributed by atoms with Crippen molar-refractivity contribution in [2.75, 3.05) is 33.7 Å². The highest BCUT2D eigenvalue weighted by atomic mass is 19.1. The Balaban J connectivity index is 2.02. The molecule has 25 heavy (non-hydrogen) atoms. The smallest absolute Gasteiger partial charge is 0.243 e. The summed E-state index contributed by atoms with van der Waals surface area (Å²) in [5, 5.41) is 6.47. The Morgan fingerprint density at radius 3 is 2.64 bits per heavy atom. The minimum absolute atomic E-state index is 0.0562.